The minimum atomic E-state index is 0.306. The average molecular weight is 769 g/mol. The standard InChI is InChI=1S/C53H100O2/c1-40(2)21-13-22-41(3)23-14-24-42(4)25-15-26-43(5)27-16-28-44(6)29-17-30-45(7)31-18-32-46(8)33-19-34-47(9)35-20-36-48(10)37-38-51-39-52(54)49(11)50(12)53(51)55/h39-48,54-55H,13-38H2,1-12H3/t41?,42?,43?,44?,45?,46?,47?,48-/m0/s1. The van der Waals surface area contributed by atoms with Crippen LogP contribution in [0.5, 0.6) is 11.5 Å². The Balaban J connectivity index is 2.01. The van der Waals surface area contributed by atoms with E-state index in [0.29, 0.717) is 17.4 Å². The molecule has 1 aromatic rings. The van der Waals surface area contributed by atoms with E-state index in [0.717, 1.165) is 76.9 Å². The van der Waals surface area contributed by atoms with Crippen molar-refractivity contribution in [2.24, 2.45) is 53.3 Å². The summed E-state index contributed by atoms with van der Waals surface area (Å²) in [5.74, 6) is 8.42. The lowest BCUT2D eigenvalue weighted by molar-refractivity contribution is 0.353. The number of hydrogen-bond donors (Lipinski definition) is 2. The van der Waals surface area contributed by atoms with Crippen LogP contribution < -0.4 is 0 Å². The van der Waals surface area contributed by atoms with Crippen molar-refractivity contribution in [3.05, 3.63) is 22.8 Å². The van der Waals surface area contributed by atoms with E-state index in [1.54, 1.807) is 6.07 Å². The Hall–Kier alpha value is -1.18. The van der Waals surface area contributed by atoms with Crippen molar-refractivity contribution in [3.8, 4) is 11.5 Å². The number of hydrogen-bond acceptors (Lipinski definition) is 2. The maximum absolute atomic E-state index is 10.5. The molecular formula is C53H100O2. The zero-order valence-corrected chi connectivity index (χ0v) is 39.6. The highest BCUT2D eigenvalue weighted by atomic mass is 16.3. The van der Waals surface area contributed by atoms with Crippen LogP contribution in [0.15, 0.2) is 6.07 Å². The summed E-state index contributed by atoms with van der Waals surface area (Å²) in [4.78, 5) is 0. The first-order valence-corrected chi connectivity index (χ1v) is 24.6. The third-order valence-electron chi connectivity index (χ3n) is 14.1. The molecule has 8 atom stereocenters. The second-order valence-corrected chi connectivity index (χ2v) is 20.9. The quantitative estimate of drug-likeness (QED) is 0.0675. The minimum absolute atomic E-state index is 0.306. The molecule has 2 nitrogen and oxygen atoms in total. The molecule has 2 heteroatoms. The smallest absolute Gasteiger partial charge is 0.122 e. The molecule has 0 saturated heterocycles. The fourth-order valence-corrected chi connectivity index (χ4v) is 9.28. The van der Waals surface area contributed by atoms with Gasteiger partial charge in [0.25, 0.3) is 0 Å². The Morgan fingerprint density at radius 2 is 0.582 bits per heavy atom. The van der Waals surface area contributed by atoms with Crippen LogP contribution in [0.4, 0.5) is 0 Å². The number of benzene rings is 1. The van der Waals surface area contributed by atoms with E-state index in [9.17, 15) is 10.2 Å². The predicted molar refractivity (Wildman–Crippen MR) is 247 cm³/mol. The minimum Gasteiger partial charge on any atom is -0.508 e. The van der Waals surface area contributed by atoms with Crippen molar-refractivity contribution in [2.45, 2.75) is 250 Å². The van der Waals surface area contributed by atoms with Gasteiger partial charge in [-0.2, -0.15) is 0 Å². The molecule has 0 amide bonds. The van der Waals surface area contributed by atoms with Gasteiger partial charge in [0.15, 0.2) is 0 Å². The normalized spacial score (nSPS) is 16.5. The second-order valence-electron chi connectivity index (χ2n) is 20.9. The van der Waals surface area contributed by atoms with Crippen LogP contribution in [0.25, 0.3) is 0 Å². The van der Waals surface area contributed by atoms with Crippen LogP contribution in [0.1, 0.15) is 246 Å². The van der Waals surface area contributed by atoms with Crippen LogP contribution >= 0.6 is 0 Å². The molecule has 0 saturated carbocycles. The Bertz CT molecular complexity index is 1060. The van der Waals surface area contributed by atoms with E-state index in [1.165, 1.54) is 154 Å². The first kappa shape index (κ1) is 51.8. The molecule has 0 radical (unpaired) electrons. The van der Waals surface area contributed by atoms with Crippen molar-refractivity contribution >= 4 is 0 Å². The Morgan fingerprint density at radius 1 is 0.345 bits per heavy atom. The molecule has 2 N–H and O–H groups in total. The van der Waals surface area contributed by atoms with Crippen molar-refractivity contribution in [3.63, 3.8) is 0 Å². The molecule has 1 aromatic carbocycles. The van der Waals surface area contributed by atoms with Gasteiger partial charge in [0, 0.05) is 0 Å². The maximum atomic E-state index is 10.5. The SMILES string of the molecule is Cc1c(O)cc(CC[C@@H](C)CCCC(C)CCCC(C)CCCC(C)CCCC(C)CCCC(C)CCCC(C)CCCC(C)CCCC(C)C)c(O)c1C. The number of rotatable bonds is 35. The number of phenols is 2. The van der Waals surface area contributed by atoms with Gasteiger partial charge in [0.05, 0.1) is 0 Å². The molecule has 0 spiro atoms. The highest BCUT2D eigenvalue weighted by molar-refractivity contribution is 5.51. The monoisotopic (exact) mass is 769 g/mol. The van der Waals surface area contributed by atoms with Gasteiger partial charge in [0.2, 0.25) is 0 Å². The summed E-state index contributed by atoms with van der Waals surface area (Å²) >= 11 is 0. The van der Waals surface area contributed by atoms with Crippen LogP contribution in [0.3, 0.4) is 0 Å². The molecule has 0 bridgehead atoms. The lowest BCUT2D eigenvalue weighted by Crippen LogP contribution is -2.03. The molecule has 1 rings (SSSR count). The van der Waals surface area contributed by atoms with Crippen LogP contribution in [0, 0.1) is 67.1 Å². The summed E-state index contributed by atoms with van der Waals surface area (Å²) in [6.07, 6.45) is 35.7. The van der Waals surface area contributed by atoms with E-state index in [1.807, 2.05) is 13.8 Å². The summed E-state index contributed by atoms with van der Waals surface area (Å²) in [7, 11) is 0. The van der Waals surface area contributed by atoms with Gasteiger partial charge in [0.1, 0.15) is 11.5 Å². The van der Waals surface area contributed by atoms with Gasteiger partial charge < -0.3 is 10.2 Å². The largest absolute Gasteiger partial charge is 0.508 e. The molecule has 0 aliphatic heterocycles. The van der Waals surface area contributed by atoms with Gasteiger partial charge in [-0.05, 0) is 103 Å². The third kappa shape index (κ3) is 26.4. The first-order chi connectivity index (χ1) is 26.1. The van der Waals surface area contributed by atoms with Crippen molar-refractivity contribution < 1.29 is 10.2 Å². The molecule has 7 unspecified atom stereocenters. The van der Waals surface area contributed by atoms with Crippen LogP contribution in [0.2, 0.25) is 0 Å². The summed E-state index contributed by atoms with van der Waals surface area (Å²) < 4.78 is 0. The average Bonchev–Trinajstić information content (AvgIpc) is 3.11. The first-order valence-electron chi connectivity index (χ1n) is 24.6. The van der Waals surface area contributed by atoms with E-state index in [4.69, 9.17) is 0 Å². The topological polar surface area (TPSA) is 40.5 Å². The van der Waals surface area contributed by atoms with E-state index in [2.05, 4.69) is 69.2 Å². The summed E-state index contributed by atoms with van der Waals surface area (Å²) in [5.41, 5.74) is 2.49. The fraction of sp³-hybridized carbons (Fsp3) is 0.887. The number of phenolic OH excluding ortho intramolecular Hbond substituents is 2. The van der Waals surface area contributed by atoms with Gasteiger partial charge >= 0.3 is 0 Å². The molecule has 324 valence electrons. The second kappa shape index (κ2) is 30.8. The van der Waals surface area contributed by atoms with Gasteiger partial charge in [-0.1, -0.05) is 223 Å². The zero-order valence-electron chi connectivity index (χ0n) is 39.6. The Morgan fingerprint density at radius 3 is 0.836 bits per heavy atom. The summed E-state index contributed by atoms with van der Waals surface area (Å²) in [5, 5.41) is 20.7. The molecular weight excluding hydrogens is 669 g/mol. The van der Waals surface area contributed by atoms with Crippen LogP contribution in [-0.4, -0.2) is 10.2 Å². The van der Waals surface area contributed by atoms with E-state index in [-0.39, 0.29) is 0 Å². The van der Waals surface area contributed by atoms with Gasteiger partial charge in [-0.3, -0.25) is 0 Å². The predicted octanol–water partition coefficient (Wildman–Crippen LogP) is 17.8. The molecule has 0 aliphatic carbocycles. The number of aryl methyl sites for hydroxylation is 1. The lowest BCUT2D eigenvalue weighted by Gasteiger charge is -2.18. The molecule has 0 aromatic heterocycles. The summed E-state index contributed by atoms with van der Waals surface area (Å²) in [6, 6.07) is 1.76. The maximum Gasteiger partial charge on any atom is 0.122 e. The highest BCUT2D eigenvalue weighted by Gasteiger charge is 2.14. The Labute approximate surface area is 346 Å². The van der Waals surface area contributed by atoms with E-state index >= 15 is 0 Å². The van der Waals surface area contributed by atoms with Gasteiger partial charge in [-0.15, -0.1) is 0 Å². The summed E-state index contributed by atoms with van der Waals surface area (Å²) in [6.45, 7) is 28.3. The fourth-order valence-electron chi connectivity index (χ4n) is 9.28. The van der Waals surface area contributed by atoms with E-state index < -0.39 is 0 Å². The van der Waals surface area contributed by atoms with Crippen LogP contribution in [-0.2, 0) is 6.42 Å². The highest BCUT2D eigenvalue weighted by Crippen LogP contribution is 2.34. The Kier molecular flexibility index (Phi) is 29.1. The zero-order chi connectivity index (χ0) is 41.2. The molecule has 0 fully saturated rings. The van der Waals surface area contributed by atoms with Crippen molar-refractivity contribution in [2.75, 3.05) is 0 Å². The van der Waals surface area contributed by atoms with Gasteiger partial charge in [-0.25, -0.2) is 0 Å². The molecule has 55 heavy (non-hydrogen) atoms. The molecule has 0 heterocycles. The lowest BCUT2D eigenvalue weighted by atomic mass is 9.88. The third-order valence-corrected chi connectivity index (χ3v) is 14.1. The van der Waals surface area contributed by atoms with Crippen molar-refractivity contribution in [1.29, 1.82) is 0 Å². The number of aromatic hydroxyl groups is 2. The van der Waals surface area contributed by atoms with Crippen molar-refractivity contribution in [1.82, 2.24) is 0 Å². The molecule has 0 aliphatic rings.